The summed E-state index contributed by atoms with van der Waals surface area (Å²) in [5.41, 5.74) is -0.145. The van der Waals surface area contributed by atoms with E-state index in [9.17, 15) is 9.59 Å². The van der Waals surface area contributed by atoms with Gasteiger partial charge in [-0.25, -0.2) is 0 Å². The van der Waals surface area contributed by atoms with Gasteiger partial charge < -0.3 is 4.74 Å². The molecule has 3 nitrogen and oxygen atoms in total. The molecular weight excluding hydrogens is 216 g/mol. The van der Waals surface area contributed by atoms with Crippen molar-refractivity contribution in [2.24, 2.45) is 5.41 Å². The second-order valence-corrected chi connectivity index (χ2v) is 4.57. The van der Waals surface area contributed by atoms with Crippen LogP contribution in [-0.2, 0) is 9.53 Å². The van der Waals surface area contributed by atoms with Crippen LogP contribution in [0.25, 0.3) is 0 Å². The standard InChI is InChI=1S/C14H18O3/c1-4-17-13(16)14(2,3)10-12(15)11-8-6-5-7-9-11/h5-9H,4,10H2,1-3H3. The van der Waals surface area contributed by atoms with Gasteiger partial charge >= 0.3 is 5.97 Å². The Hall–Kier alpha value is -1.64. The number of ether oxygens (including phenoxy) is 1. The number of esters is 1. The van der Waals surface area contributed by atoms with Gasteiger partial charge in [0.25, 0.3) is 0 Å². The van der Waals surface area contributed by atoms with Gasteiger partial charge in [0, 0.05) is 12.0 Å². The van der Waals surface area contributed by atoms with Crippen LogP contribution in [0.1, 0.15) is 37.6 Å². The lowest BCUT2D eigenvalue weighted by atomic mass is 9.85. The van der Waals surface area contributed by atoms with Gasteiger partial charge in [-0.15, -0.1) is 0 Å². The summed E-state index contributed by atoms with van der Waals surface area (Å²) in [7, 11) is 0. The molecule has 1 aromatic carbocycles. The summed E-state index contributed by atoms with van der Waals surface area (Å²) in [5.74, 6) is -0.368. The lowest BCUT2D eigenvalue weighted by Gasteiger charge is -2.21. The molecule has 0 N–H and O–H groups in total. The Morgan fingerprint density at radius 1 is 1.18 bits per heavy atom. The normalized spacial score (nSPS) is 11.0. The molecule has 0 radical (unpaired) electrons. The molecule has 0 saturated heterocycles. The highest BCUT2D eigenvalue weighted by Crippen LogP contribution is 2.24. The van der Waals surface area contributed by atoms with Crippen molar-refractivity contribution in [2.45, 2.75) is 27.2 Å². The minimum absolute atomic E-state index is 0.0383. The van der Waals surface area contributed by atoms with Gasteiger partial charge in [0.1, 0.15) is 0 Å². The van der Waals surface area contributed by atoms with Crippen molar-refractivity contribution in [3.63, 3.8) is 0 Å². The molecule has 0 fully saturated rings. The van der Waals surface area contributed by atoms with E-state index in [4.69, 9.17) is 4.74 Å². The fourth-order valence-electron chi connectivity index (χ4n) is 1.53. The summed E-state index contributed by atoms with van der Waals surface area (Å²) in [4.78, 5) is 23.6. The first kappa shape index (κ1) is 13.4. The molecule has 0 spiro atoms. The smallest absolute Gasteiger partial charge is 0.311 e. The number of carbonyl (C=O) groups is 2. The molecule has 3 heteroatoms. The van der Waals surface area contributed by atoms with Crippen LogP contribution in [0.3, 0.4) is 0 Å². The molecule has 0 amide bonds. The Kier molecular flexibility index (Phi) is 4.44. The van der Waals surface area contributed by atoms with Crippen molar-refractivity contribution in [1.29, 1.82) is 0 Å². The van der Waals surface area contributed by atoms with Crippen LogP contribution < -0.4 is 0 Å². The molecule has 0 bridgehead atoms. The number of carbonyl (C=O) groups excluding carboxylic acids is 2. The van der Waals surface area contributed by atoms with Gasteiger partial charge in [-0.05, 0) is 20.8 Å². The first-order valence-corrected chi connectivity index (χ1v) is 5.73. The van der Waals surface area contributed by atoms with E-state index in [1.807, 2.05) is 18.2 Å². The largest absolute Gasteiger partial charge is 0.466 e. The first-order valence-electron chi connectivity index (χ1n) is 5.73. The Labute approximate surface area is 102 Å². The second kappa shape index (κ2) is 5.62. The Bertz CT molecular complexity index is 393. The monoisotopic (exact) mass is 234 g/mol. The number of benzene rings is 1. The van der Waals surface area contributed by atoms with Crippen molar-refractivity contribution in [2.75, 3.05) is 6.61 Å². The summed E-state index contributed by atoms with van der Waals surface area (Å²) < 4.78 is 4.95. The Morgan fingerprint density at radius 3 is 2.29 bits per heavy atom. The zero-order valence-electron chi connectivity index (χ0n) is 10.5. The van der Waals surface area contributed by atoms with Gasteiger partial charge in [-0.3, -0.25) is 9.59 Å². The third-order valence-corrected chi connectivity index (χ3v) is 2.53. The van der Waals surface area contributed by atoms with Gasteiger partial charge in [0.05, 0.1) is 12.0 Å². The van der Waals surface area contributed by atoms with Crippen molar-refractivity contribution in [3.05, 3.63) is 35.9 Å². The summed E-state index contributed by atoms with van der Waals surface area (Å²) in [5, 5.41) is 0. The van der Waals surface area contributed by atoms with Gasteiger partial charge in [-0.1, -0.05) is 30.3 Å². The summed E-state index contributed by atoms with van der Waals surface area (Å²) in [6.07, 6.45) is 0.163. The molecular formula is C14H18O3. The number of ketones is 1. The van der Waals surface area contributed by atoms with E-state index >= 15 is 0 Å². The maximum atomic E-state index is 12.0. The fraction of sp³-hybridized carbons (Fsp3) is 0.429. The highest BCUT2D eigenvalue weighted by molar-refractivity contribution is 5.98. The van der Waals surface area contributed by atoms with Crippen LogP contribution in [0.15, 0.2) is 30.3 Å². The Morgan fingerprint density at radius 2 is 1.76 bits per heavy atom. The molecule has 0 aliphatic carbocycles. The van der Waals surface area contributed by atoms with Crippen molar-refractivity contribution < 1.29 is 14.3 Å². The lowest BCUT2D eigenvalue weighted by molar-refractivity contribution is -0.153. The topological polar surface area (TPSA) is 43.4 Å². The van der Waals surface area contributed by atoms with E-state index in [-0.39, 0.29) is 18.2 Å². The van der Waals surface area contributed by atoms with Gasteiger partial charge in [0.15, 0.2) is 5.78 Å². The van der Waals surface area contributed by atoms with Crippen molar-refractivity contribution in [3.8, 4) is 0 Å². The van der Waals surface area contributed by atoms with E-state index in [0.29, 0.717) is 12.2 Å². The van der Waals surface area contributed by atoms with Crippen LogP contribution in [0.5, 0.6) is 0 Å². The summed E-state index contributed by atoms with van der Waals surface area (Å²) in [6, 6.07) is 8.98. The molecule has 0 aliphatic heterocycles. The molecule has 0 heterocycles. The van der Waals surface area contributed by atoms with E-state index in [0.717, 1.165) is 0 Å². The first-order chi connectivity index (χ1) is 7.97. The Balaban J connectivity index is 2.71. The molecule has 0 aliphatic rings. The van der Waals surface area contributed by atoms with Crippen LogP contribution in [0, 0.1) is 5.41 Å². The number of rotatable bonds is 5. The summed E-state index contributed by atoms with van der Waals surface area (Å²) >= 11 is 0. The molecule has 0 saturated carbocycles. The average Bonchev–Trinajstić information content (AvgIpc) is 2.30. The minimum atomic E-state index is -0.775. The number of Topliss-reactive ketones (excluding diaryl/α,β-unsaturated/α-hetero) is 1. The van der Waals surface area contributed by atoms with E-state index < -0.39 is 5.41 Å². The fourth-order valence-corrected chi connectivity index (χ4v) is 1.53. The molecule has 1 rings (SSSR count). The van der Waals surface area contributed by atoms with Crippen molar-refractivity contribution >= 4 is 11.8 Å². The third-order valence-electron chi connectivity index (χ3n) is 2.53. The SMILES string of the molecule is CCOC(=O)C(C)(C)CC(=O)c1ccccc1. The molecule has 92 valence electrons. The zero-order valence-corrected chi connectivity index (χ0v) is 10.5. The molecule has 0 aromatic heterocycles. The van der Waals surface area contributed by atoms with E-state index in [2.05, 4.69) is 0 Å². The van der Waals surface area contributed by atoms with Gasteiger partial charge in [0.2, 0.25) is 0 Å². The van der Waals surface area contributed by atoms with Crippen LogP contribution in [0.4, 0.5) is 0 Å². The highest BCUT2D eigenvalue weighted by Gasteiger charge is 2.32. The van der Waals surface area contributed by atoms with E-state index in [1.165, 1.54) is 0 Å². The van der Waals surface area contributed by atoms with Crippen LogP contribution >= 0.6 is 0 Å². The second-order valence-electron chi connectivity index (χ2n) is 4.57. The maximum Gasteiger partial charge on any atom is 0.311 e. The number of hydrogen-bond acceptors (Lipinski definition) is 3. The van der Waals surface area contributed by atoms with Crippen LogP contribution in [0.2, 0.25) is 0 Å². The predicted molar refractivity (Wildman–Crippen MR) is 65.8 cm³/mol. The van der Waals surface area contributed by atoms with Gasteiger partial charge in [-0.2, -0.15) is 0 Å². The minimum Gasteiger partial charge on any atom is -0.466 e. The molecule has 0 atom stereocenters. The molecule has 17 heavy (non-hydrogen) atoms. The zero-order chi connectivity index (χ0) is 12.9. The summed E-state index contributed by atoms with van der Waals surface area (Å²) in [6.45, 7) is 5.55. The molecule has 0 unspecified atom stereocenters. The van der Waals surface area contributed by atoms with Crippen molar-refractivity contribution in [1.82, 2.24) is 0 Å². The third kappa shape index (κ3) is 3.70. The quantitative estimate of drug-likeness (QED) is 0.581. The maximum absolute atomic E-state index is 12.0. The van der Waals surface area contributed by atoms with E-state index in [1.54, 1.807) is 32.9 Å². The predicted octanol–water partition coefficient (Wildman–Crippen LogP) is 2.85. The highest BCUT2D eigenvalue weighted by atomic mass is 16.5. The molecule has 1 aromatic rings. The average molecular weight is 234 g/mol. The lowest BCUT2D eigenvalue weighted by Crippen LogP contribution is -2.29. The van der Waals surface area contributed by atoms with Crippen LogP contribution in [-0.4, -0.2) is 18.4 Å². The number of hydrogen-bond donors (Lipinski definition) is 0.